The summed E-state index contributed by atoms with van der Waals surface area (Å²) >= 11 is 6.20. The van der Waals surface area contributed by atoms with Crippen LogP contribution in [0.2, 0.25) is 5.02 Å². The average Bonchev–Trinajstić information content (AvgIpc) is 2.80. The van der Waals surface area contributed by atoms with Crippen LogP contribution in [0.3, 0.4) is 0 Å². The predicted molar refractivity (Wildman–Crippen MR) is 104 cm³/mol. The third kappa shape index (κ3) is 3.37. The zero-order chi connectivity index (χ0) is 17.9. The van der Waals surface area contributed by atoms with Crippen LogP contribution in [0.15, 0.2) is 78.0 Å². The number of aromatic nitrogens is 1. The minimum Gasteiger partial charge on any atom is -0.305 e. The smallest absolute Gasteiger partial charge is 0.233 e. The number of pyridine rings is 1. The minimum absolute atomic E-state index is 0.00886. The van der Waals surface area contributed by atoms with Gasteiger partial charge in [-0.05, 0) is 41.5 Å². The van der Waals surface area contributed by atoms with Crippen molar-refractivity contribution in [3.63, 3.8) is 0 Å². The molecule has 0 saturated carbocycles. The summed E-state index contributed by atoms with van der Waals surface area (Å²) in [6.45, 7) is 0.478. The molecule has 0 spiro atoms. The van der Waals surface area contributed by atoms with E-state index in [-0.39, 0.29) is 12.3 Å². The summed E-state index contributed by atoms with van der Waals surface area (Å²) in [5.41, 5.74) is 4.16. The Labute approximate surface area is 156 Å². The zero-order valence-electron chi connectivity index (χ0n) is 14.0. The number of hydrogen-bond donors (Lipinski definition) is 0. The van der Waals surface area contributed by atoms with E-state index in [0.29, 0.717) is 11.6 Å². The van der Waals surface area contributed by atoms with E-state index >= 15 is 0 Å². The lowest BCUT2D eigenvalue weighted by Crippen LogP contribution is -2.31. The molecule has 5 heteroatoms. The fourth-order valence-electron chi connectivity index (χ4n) is 3.02. The van der Waals surface area contributed by atoms with E-state index < -0.39 is 0 Å². The molecule has 4 rings (SSSR count). The van der Waals surface area contributed by atoms with Gasteiger partial charge in [0, 0.05) is 17.4 Å². The second-order valence-corrected chi connectivity index (χ2v) is 6.51. The number of anilines is 1. The van der Waals surface area contributed by atoms with Crippen LogP contribution in [-0.4, -0.2) is 16.6 Å². The monoisotopic (exact) mass is 361 g/mol. The first kappa shape index (κ1) is 16.5. The molecule has 128 valence electrons. The quantitative estimate of drug-likeness (QED) is 0.673. The van der Waals surface area contributed by atoms with Crippen LogP contribution in [0.1, 0.15) is 17.5 Å². The standard InChI is InChI=1S/C21H16ClN3O/c22-17-6-7-18-20(12-17)25(14-15-4-2-1-3-5-15)21(26)13-19(24-18)16-8-10-23-11-9-16/h1-12H,13-14H2. The summed E-state index contributed by atoms with van der Waals surface area (Å²) in [5, 5.41) is 0.581. The fraction of sp³-hybridized carbons (Fsp3) is 0.0952. The van der Waals surface area contributed by atoms with Crippen molar-refractivity contribution in [2.75, 3.05) is 4.90 Å². The third-order valence-corrected chi connectivity index (χ3v) is 4.54. The summed E-state index contributed by atoms with van der Waals surface area (Å²) in [6.07, 6.45) is 3.64. The molecule has 3 aromatic rings. The number of halogens is 1. The normalized spacial score (nSPS) is 13.8. The molecule has 0 saturated heterocycles. The van der Waals surface area contributed by atoms with Crippen LogP contribution in [0, 0.1) is 0 Å². The Morgan fingerprint density at radius 2 is 1.77 bits per heavy atom. The molecule has 0 fully saturated rings. The Balaban J connectivity index is 1.79. The largest absolute Gasteiger partial charge is 0.305 e. The Bertz CT molecular complexity index is 971. The van der Waals surface area contributed by atoms with Gasteiger partial charge >= 0.3 is 0 Å². The highest BCUT2D eigenvalue weighted by Gasteiger charge is 2.25. The van der Waals surface area contributed by atoms with Gasteiger partial charge in [-0.25, -0.2) is 0 Å². The number of fused-ring (bicyclic) bond motifs is 1. The van der Waals surface area contributed by atoms with Crippen molar-refractivity contribution in [1.82, 2.24) is 4.98 Å². The summed E-state index contributed by atoms with van der Waals surface area (Å²) in [4.78, 5) is 23.6. The molecule has 1 amide bonds. The van der Waals surface area contributed by atoms with Gasteiger partial charge in [0.2, 0.25) is 5.91 Å². The summed E-state index contributed by atoms with van der Waals surface area (Å²) in [6, 6.07) is 19.1. The van der Waals surface area contributed by atoms with Crippen LogP contribution in [-0.2, 0) is 11.3 Å². The third-order valence-electron chi connectivity index (χ3n) is 4.30. The first-order valence-electron chi connectivity index (χ1n) is 8.32. The van der Waals surface area contributed by atoms with Crippen molar-refractivity contribution in [1.29, 1.82) is 0 Å². The van der Waals surface area contributed by atoms with Crippen molar-refractivity contribution in [3.05, 3.63) is 89.2 Å². The second-order valence-electron chi connectivity index (χ2n) is 6.07. The van der Waals surface area contributed by atoms with E-state index in [1.807, 2.05) is 48.5 Å². The van der Waals surface area contributed by atoms with Gasteiger partial charge in [0.1, 0.15) is 0 Å². The van der Waals surface area contributed by atoms with Gasteiger partial charge in [-0.15, -0.1) is 0 Å². The first-order valence-corrected chi connectivity index (χ1v) is 8.70. The van der Waals surface area contributed by atoms with Crippen LogP contribution in [0.25, 0.3) is 0 Å². The van der Waals surface area contributed by atoms with Crippen LogP contribution >= 0.6 is 11.6 Å². The number of carbonyl (C=O) groups is 1. The lowest BCUT2D eigenvalue weighted by molar-refractivity contribution is -0.117. The van der Waals surface area contributed by atoms with E-state index in [1.54, 1.807) is 29.4 Å². The second kappa shape index (κ2) is 7.10. The number of benzene rings is 2. The Hall–Kier alpha value is -2.98. The van der Waals surface area contributed by atoms with Crippen molar-refractivity contribution in [2.24, 2.45) is 4.99 Å². The molecule has 0 aliphatic carbocycles. The average molecular weight is 362 g/mol. The van der Waals surface area contributed by atoms with E-state index in [2.05, 4.69) is 4.98 Å². The van der Waals surface area contributed by atoms with Crippen LogP contribution < -0.4 is 4.90 Å². The van der Waals surface area contributed by atoms with Gasteiger partial charge in [-0.1, -0.05) is 41.9 Å². The molecular formula is C21H16ClN3O. The van der Waals surface area contributed by atoms with Gasteiger partial charge in [-0.3, -0.25) is 14.8 Å². The molecule has 2 heterocycles. The molecule has 1 aliphatic heterocycles. The SMILES string of the molecule is O=C1CC(c2ccncc2)=Nc2ccc(Cl)cc2N1Cc1ccccc1. The number of rotatable bonds is 3. The molecule has 1 aliphatic rings. The highest BCUT2D eigenvalue weighted by molar-refractivity contribution is 6.31. The van der Waals surface area contributed by atoms with Crippen LogP contribution in [0.4, 0.5) is 11.4 Å². The molecule has 0 unspecified atom stereocenters. The van der Waals surface area contributed by atoms with Crippen molar-refractivity contribution < 1.29 is 4.79 Å². The van der Waals surface area contributed by atoms with Crippen molar-refractivity contribution in [2.45, 2.75) is 13.0 Å². The Kier molecular flexibility index (Phi) is 4.50. The van der Waals surface area contributed by atoms with E-state index in [9.17, 15) is 4.79 Å². The molecule has 2 aromatic carbocycles. The van der Waals surface area contributed by atoms with E-state index in [4.69, 9.17) is 16.6 Å². The maximum Gasteiger partial charge on any atom is 0.233 e. The molecule has 0 radical (unpaired) electrons. The fourth-order valence-corrected chi connectivity index (χ4v) is 3.18. The number of carbonyl (C=O) groups excluding carboxylic acids is 1. The Morgan fingerprint density at radius 1 is 1.00 bits per heavy atom. The summed E-state index contributed by atoms with van der Waals surface area (Å²) in [7, 11) is 0. The number of aliphatic imine (C=N–C) groups is 1. The van der Waals surface area contributed by atoms with Crippen molar-refractivity contribution >= 4 is 34.6 Å². The number of amides is 1. The topological polar surface area (TPSA) is 45.6 Å². The maximum absolute atomic E-state index is 13.1. The lowest BCUT2D eigenvalue weighted by Gasteiger charge is -2.22. The molecule has 4 nitrogen and oxygen atoms in total. The van der Waals surface area contributed by atoms with Gasteiger partial charge in [0.25, 0.3) is 0 Å². The maximum atomic E-state index is 13.1. The first-order chi connectivity index (χ1) is 12.7. The minimum atomic E-state index is -0.00886. The molecular weight excluding hydrogens is 346 g/mol. The molecule has 0 atom stereocenters. The van der Waals surface area contributed by atoms with Crippen LogP contribution in [0.5, 0.6) is 0 Å². The number of nitrogens with zero attached hydrogens (tertiary/aromatic N) is 3. The lowest BCUT2D eigenvalue weighted by atomic mass is 10.1. The van der Waals surface area contributed by atoms with E-state index in [1.165, 1.54) is 0 Å². The molecule has 26 heavy (non-hydrogen) atoms. The highest BCUT2D eigenvalue weighted by atomic mass is 35.5. The van der Waals surface area contributed by atoms with Crippen molar-refractivity contribution in [3.8, 4) is 0 Å². The van der Waals surface area contributed by atoms with E-state index in [0.717, 1.165) is 28.2 Å². The van der Waals surface area contributed by atoms with Gasteiger partial charge in [0.05, 0.1) is 30.1 Å². The number of hydrogen-bond acceptors (Lipinski definition) is 3. The molecule has 0 N–H and O–H groups in total. The van der Waals surface area contributed by atoms with Gasteiger partial charge in [-0.2, -0.15) is 0 Å². The molecule has 0 bridgehead atoms. The van der Waals surface area contributed by atoms with Gasteiger partial charge in [0.15, 0.2) is 0 Å². The zero-order valence-corrected chi connectivity index (χ0v) is 14.7. The predicted octanol–water partition coefficient (Wildman–Crippen LogP) is 4.79. The molecule has 1 aromatic heterocycles. The summed E-state index contributed by atoms with van der Waals surface area (Å²) < 4.78 is 0. The summed E-state index contributed by atoms with van der Waals surface area (Å²) in [5.74, 6) is -0.00886. The Morgan fingerprint density at radius 3 is 2.54 bits per heavy atom. The van der Waals surface area contributed by atoms with Gasteiger partial charge < -0.3 is 4.90 Å². The highest BCUT2D eigenvalue weighted by Crippen LogP contribution is 2.36.